The standard InChI is InChI=1S/C19H14FN5.C2H6/c1-24-11-17(12-3-4-18(20)13(5-12)7-21)16-6-14(8-22-19(16)24)15-9-23-25(2)10-15;1-2/h3-6,8-11H,1-2H3;1-2H3. The largest absolute Gasteiger partial charge is 0.335 e. The molecule has 1 aromatic carbocycles. The summed E-state index contributed by atoms with van der Waals surface area (Å²) < 4.78 is 17.3. The maximum atomic E-state index is 13.6. The summed E-state index contributed by atoms with van der Waals surface area (Å²) in [4.78, 5) is 4.56. The maximum absolute atomic E-state index is 13.6. The van der Waals surface area contributed by atoms with Crippen molar-refractivity contribution in [3.63, 3.8) is 0 Å². The average molecular weight is 361 g/mol. The van der Waals surface area contributed by atoms with Gasteiger partial charge < -0.3 is 4.57 Å². The first-order valence-electron chi connectivity index (χ1n) is 8.71. The number of fused-ring (bicyclic) bond motifs is 1. The third-order valence-electron chi connectivity index (χ3n) is 4.25. The number of rotatable bonds is 2. The Bertz CT molecular complexity index is 1150. The molecule has 0 saturated heterocycles. The van der Waals surface area contributed by atoms with Crippen molar-refractivity contribution in [2.75, 3.05) is 0 Å². The van der Waals surface area contributed by atoms with Gasteiger partial charge in [-0.1, -0.05) is 19.9 Å². The number of nitrogens with zero attached hydrogens (tertiary/aromatic N) is 5. The Labute approximate surface area is 157 Å². The molecule has 4 aromatic rings. The molecule has 6 heteroatoms. The van der Waals surface area contributed by atoms with Crippen LogP contribution in [0.1, 0.15) is 19.4 Å². The number of aromatic nitrogens is 4. The fourth-order valence-electron chi connectivity index (χ4n) is 3.00. The molecule has 0 aliphatic rings. The molecule has 0 amide bonds. The molecule has 0 saturated carbocycles. The summed E-state index contributed by atoms with van der Waals surface area (Å²) in [6, 6.07) is 8.51. The van der Waals surface area contributed by atoms with Gasteiger partial charge in [-0.2, -0.15) is 10.4 Å². The Morgan fingerprint density at radius 2 is 1.78 bits per heavy atom. The Morgan fingerprint density at radius 3 is 2.44 bits per heavy atom. The highest BCUT2D eigenvalue weighted by molar-refractivity contribution is 5.96. The summed E-state index contributed by atoms with van der Waals surface area (Å²) >= 11 is 0. The first kappa shape index (κ1) is 18.3. The highest BCUT2D eigenvalue weighted by Crippen LogP contribution is 2.32. The van der Waals surface area contributed by atoms with Crippen LogP contribution in [-0.4, -0.2) is 19.3 Å². The number of nitriles is 1. The van der Waals surface area contributed by atoms with Gasteiger partial charge in [0.05, 0.1) is 11.8 Å². The van der Waals surface area contributed by atoms with Crippen molar-refractivity contribution < 1.29 is 4.39 Å². The predicted molar refractivity (Wildman–Crippen MR) is 104 cm³/mol. The molecule has 4 rings (SSSR count). The summed E-state index contributed by atoms with van der Waals surface area (Å²) in [6.07, 6.45) is 7.47. The van der Waals surface area contributed by atoms with Crippen LogP contribution in [0, 0.1) is 17.1 Å². The first-order valence-corrected chi connectivity index (χ1v) is 8.71. The van der Waals surface area contributed by atoms with Crippen LogP contribution in [0.2, 0.25) is 0 Å². The lowest BCUT2D eigenvalue weighted by Crippen LogP contribution is -1.88. The van der Waals surface area contributed by atoms with Crippen LogP contribution < -0.4 is 0 Å². The van der Waals surface area contributed by atoms with Crippen molar-refractivity contribution >= 4 is 11.0 Å². The van der Waals surface area contributed by atoms with E-state index in [0.717, 1.165) is 33.3 Å². The van der Waals surface area contributed by atoms with Crippen LogP contribution in [0.4, 0.5) is 4.39 Å². The van der Waals surface area contributed by atoms with E-state index in [2.05, 4.69) is 10.1 Å². The van der Waals surface area contributed by atoms with Crippen LogP contribution in [0.5, 0.6) is 0 Å². The third-order valence-corrected chi connectivity index (χ3v) is 4.25. The smallest absolute Gasteiger partial charge is 0.140 e. The van der Waals surface area contributed by atoms with Crippen LogP contribution in [0.25, 0.3) is 33.3 Å². The van der Waals surface area contributed by atoms with Crippen LogP contribution in [-0.2, 0) is 14.1 Å². The van der Waals surface area contributed by atoms with Gasteiger partial charge in [-0.25, -0.2) is 9.37 Å². The fraction of sp³-hybridized carbons (Fsp3) is 0.190. The summed E-state index contributed by atoms with van der Waals surface area (Å²) in [7, 11) is 3.78. The zero-order valence-electron chi connectivity index (χ0n) is 15.7. The minimum atomic E-state index is -0.513. The van der Waals surface area contributed by atoms with E-state index in [1.165, 1.54) is 6.07 Å². The molecule has 0 radical (unpaired) electrons. The first-order chi connectivity index (χ1) is 13.1. The topological polar surface area (TPSA) is 59.4 Å². The van der Waals surface area contributed by atoms with E-state index in [0.29, 0.717) is 0 Å². The van der Waals surface area contributed by atoms with E-state index in [1.54, 1.807) is 23.0 Å². The normalized spacial score (nSPS) is 10.4. The third kappa shape index (κ3) is 3.32. The zero-order valence-corrected chi connectivity index (χ0v) is 15.7. The van der Waals surface area contributed by atoms with E-state index < -0.39 is 5.82 Å². The molecule has 0 fully saturated rings. The van der Waals surface area contributed by atoms with Gasteiger partial charge in [0.1, 0.15) is 17.5 Å². The number of hydrogen-bond acceptors (Lipinski definition) is 3. The van der Waals surface area contributed by atoms with Gasteiger partial charge in [0.25, 0.3) is 0 Å². The number of benzene rings is 1. The number of hydrogen-bond donors (Lipinski definition) is 0. The van der Waals surface area contributed by atoms with Gasteiger partial charge in [-0.15, -0.1) is 0 Å². The van der Waals surface area contributed by atoms with E-state index in [4.69, 9.17) is 5.26 Å². The number of pyridine rings is 1. The molecular weight excluding hydrogens is 341 g/mol. The molecule has 5 nitrogen and oxygen atoms in total. The van der Waals surface area contributed by atoms with Gasteiger partial charge >= 0.3 is 0 Å². The molecule has 0 atom stereocenters. The second-order valence-corrected chi connectivity index (χ2v) is 5.96. The van der Waals surface area contributed by atoms with Crippen molar-refractivity contribution in [2.45, 2.75) is 13.8 Å². The Morgan fingerprint density at radius 1 is 1.00 bits per heavy atom. The van der Waals surface area contributed by atoms with Crippen LogP contribution in [0.3, 0.4) is 0 Å². The molecule has 0 bridgehead atoms. The number of halogens is 1. The molecule has 0 aliphatic carbocycles. The van der Waals surface area contributed by atoms with Crippen molar-refractivity contribution in [1.29, 1.82) is 5.26 Å². The molecular formula is C21H20FN5. The van der Waals surface area contributed by atoms with Crippen molar-refractivity contribution in [3.05, 3.63) is 60.4 Å². The lowest BCUT2D eigenvalue weighted by atomic mass is 10.0. The highest BCUT2D eigenvalue weighted by atomic mass is 19.1. The van der Waals surface area contributed by atoms with Crippen LogP contribution >= 0.6 is 0 Å². The van der Waals surface area contributed by atoms with Crippen molar-refractivity contribution in [3.8, 4) is 28.3 Å². The number of aryl methyl sites for hydroxylation is 2. The summed E-state index contributed by atoms with van der Waals surface area (Å²) in [5.74, 6) is -0.513. The van der Waals surface area contributed by atoms with Crippen LogP contribution in [0.15, 0.2) is 49.1 Å². The summed E-state index contributed by atoms with van der Waals surface area (Å²) in [5.41, 5.74) is 4.48. The Kier molecular flexibility index (Phi) is 5.04. The van der Waals surface area contributed by atoms with E-state index in [1.807, 2.05) is 63.2 Å². The molecule has 27 heavy (non-hydrogen) atoms. The molecule has 136 valence electrons. The molecule has 0 aliphatic heterocycles. The average Bonchev–Trinajstić information content (AvgIpc) is 3.27. The van der Waals surface area contributed by atoms with Gasteiger partial charge in [-0.3, -0.25) is 4.68 Å². The Hall–Kier alpha value is -3.46. The molecule has 3 aromatic heterocycles. The molecule has 0 unspecified atom stereocenters. The second kappa shape index (κ2) is 7.42. The summed E-state index contributed by atoms with van der Waals surface area (Å²) in [5, 5.41) is 14.2. The zero-order chi connectivity index (χ0) is 19.6. The Balaban J connectivity index is 0.00000102. The molecule has 0 N–H and O–H groups in total. The monoisotopic (exact) mass is 361 g/mol. The SMILES string of the molecule is CC.Cn1cc(-c2cnc3c(c2)c(-c2ccc(F)c(C#N)c2)cn3C)cn1. The van der Waals surface area contributed by atoms with Crippen molar-refractivity contribution in [1.82, 2.24) is 19.3 Å². The molecule has 0 spiro atoms. The minimum absolute atomic E-state index is 0.0332. The van der Waals surface area contributed by atoms with Gasteiger partial charge in [0, 0.05) is 54.8 Å². The van der Waals surface area contributed by atoms with Gasteiger partial charge in [0.2, 0.25) is 0 Å². The van der Waals surface area contributed by atoms with E-state index in [9.17, 15) is 4.39 Å². The quantitative estimate of drug-likeness (QED) is 0.521. The maximum Gasteiger partial charge on any atom is 0.140 e. The molecule has 3 heterocycles. The van der Waals surface area contributed by atoms with Gasteiger partial charge in [-0.05, 0) is 23.8 Å². The van der Waals surface area contributed by atoms with Crippen molar-refractivity contribution in [2.24, 2.45) is 14.1 Å². The lowest BCUT2D eigenvalue weighted by molar-refractivity contribution is 0.624. The minimum Gasteiger partial charge on any atom is -0.335 e. The van der Waals surface area contributed by atoms with E-state index >= 15 is 0 Å². The highest BCUT2D eigenvalue weighted by Gasteiger charge is 2.13. The van der Waals surface area contributed by atoms with E-state index in [-0.39, 0.29) is 5.56 Å². The fourth-order valence-corrected chi connectivity index (χ4v) is 3.00. The summed E-state index contributed by atoms with van der Waals surface area (Å²) in [6.45, 7) is 4.00. The predicted octanol–water partition coefficient (Wildman–Crippen LogP) is 4.68. The van der Waals surface area contributed by atoms with Gasteiger partial charge in [0.15, 0.2) is 0 Å². The lowest BCUT2D eigenvalue weighted by Gasteiger charge is -2.03. The second-order valence-electron chi connectivity index (χ2n) is 5.96.